The molecule has 0 saturated carbocycles. The molecule has 136 valence electrons. The van der Waals surface area contributed by atoms with Gasteiger partial charge in [0.2, 0.25) is 15.9 Å². The third kappa shape index (κ3) is 6.36. The summed E-state index contributed by atoms with van der Waals surface area (Å²) < 4.78 is 66.9. The van der Waals surface area contributed by atoms with Gasteiger partial charge in [0.25, 0.3) is 0 Å². The standard InChI is InChI=1S/C14H19F3N2O4S/c1-23-9-3-8-18-13(20)10-19(24(2,21)22)12-6-4-11(5-7-12)14(15,16)17/h4-7H,3,8-10H2,1-2H3,(H,18,20). The number of sulfonamides is 1. The lowest BCUT2D eigenvalue weighted by atomic mass is 10.2. The maximum Gasteiger partial charge on any atom is 0.416 e. The van der Waals surface area contributed by atoms with Crippen LogP contribution in [-0.2, 0) is 25.7 Å². The molecule has 0 aliphatic rings. The summed E-state index contributed by atoms with van der Waals surface area (Å²) in [7, 11) is -2.32. The molecule has 0 bridgehead atoms. The SMILES string of the molecule is COCCCNC(=O)CN(c1ccc(C(F)(F)F)cc1)S(C)(=O)=O. The van der Waals surface area contributed by atoms with Gasteiger partial charge in [0.15, 0.2) is 0 Å². The van der Waals surface area contributed by atoms with Gasteiger partial charge < -0.3 is 10.1 Å². The summed E-state index contributed by atoms with van der Waals surface area (Å²) in [4.78, 5) is 11.8. The van der Waals surface area contributed by atoms with Crippen LogP contribution in [0, 0.1) is 0 Å². The number of benzene rings is 1. The van der Waals surface area contributed by atoms with Crippen LogP contribution in [0.4, 0.5) is 18.9 Å². The maximum absolute atomic E-state index is 12.6. The molecule has 0 atom stereocenters. The number of amides is 1. The van der Waals surface area contributed by atoms with Gasteiger partial charge in [-0.15, -0.1) is 0 Å². The Morgan fingerprint density at radius 3 is 2.29 bits per heavy atom. The molecule has 1 aromatic rings. The Hall–Kier alpha value is -1.81. The predicted molar refractivity (Wildman–Crippen MR) is 83.1 cm³/mol. The lowest BCUT2D eigenvalue weighted by Gasteiger charge is -2.22. The highest BCUT2D eigenvalue weighted by atomic mass is 32.2. The van der Waals surface area contributed by atoms with E-state index in [0.717, 1.165) is 34.8 Å². The van der Waals surface area contributed by atoms with E-state index in [1.165, 1.54) is 7.11 Å². The first-order valence-corrected chi connectivity index (χ1v) is 8.81. The number of hydrogen-bond donors (Lipinski definition) is 1. The number of ether oxygens (including phenoxy) is 1. The van der Waals surface area contributed by atoms with Crippen LogP contribution >= 0.6 is 0 Å². The third-order valence-electron chi connectivity index (χ3n) is 3.02. The minimum absolute atomic E-state index is 0.0162. The molecule has 0 aromatic heterocycles. The van der Waals surface area contributed by atoms with Gasteiger partial charge in [-0.25, -0.2) is 8.42 Å². The van der Waals surface area contributed by atoms with E-state index in [1.54, 1.807) is 0 Å². The molecular formula is C14H19F3N2O4S. The van der Waals surface area contributed by atoms with Crippen LogP contribution in [-0.4, -0.2) is 47.4 Å². The summed E-state index contributed by atoms with van der Waals surface area (Å²) in [5.41, 5.74) is -0.916. The number of alkyl halides is 3. The topological polar surface area (TPSA) is 75.7 Å². The summed E-state index contributed by atoms with van der Waals surface area (Å²) in [6, 6.07) is 3.57. The Morgan fingerprint density at radius 1 is 1.25 bits per heavy atom. The van der Waals surface area contributed by atoms with Crippen LogP contribution in [0.5, 0.6) is 0 Å². The molecule has 0 saturated heterocycles. The number of halogens is 3. The number of rotatable bonds is 8. The second kappa shape index (κ2) is 8.34. The number of nitrogens with one attached hydrogen (secondary N) is 1. The third-order valence-corrected chi connectivity index (χ3v) is 4.16. The van der Waals surface area contributed by atoms with Crippen LogP contribution in [0.15, 0.2) is 24.3 Å². The normalized spacial score (nSPS) is 12.0. The molecule has 0 radical (unpaired) electrons. The molecule has 0 heterocycles. The minimum atomic E-state index is -4.52. The van der Waals surface area contributed by atoms with E-state index in [2.05, 4.69) is 5.32 Å². The van der Waals surface area contributed by atoms with Crippen LogP contribution < -0.4 is 9.62 Å². The van der Waals surface area contributed by atoms with Crippen molar-refractivity contribution in [3.05, 3.63) is 29.8 Å². The number of anilines is 1. The van der Waals surface area contributed by atoms with E-state index >= 15 is 0 Å². The smallest absolute Gasteiger partial charge is 0.385 e. The molecule has 0 fully saturated rings. The van der Waals surface area contributed by atoms with Crippen LogP contribution in [0.25, 0.3) is 0 Å². The summed E-state index contributed by atoms with van der Waals surface area (Å²) in [5.74, 6) is -0.559. The molecule has 1 aromatic carbocycles. The van der Waals surface area contributed by atoms with Gasteiger partial charge in [-0.1, -0.05) is 0 Å². The largest absolute Gasteiger partial charge is 0.416 e. The van der Waals surface area contributed by atoms with E-state index < -0.39 is 34.2 Å². The Morgan fingerprint density at radius 2 is 1.83 bits per heavy atom. The fraction of sp³-hybridized carbons (Fsp3) is 0.500. The predicted octanol–water partition coefficient (Wildman–Crippen LogP) is 1.62. The van der Waals surface area contributed by atoms with Crippen molar-refractivity contribution >= 4 is 21.6 Å². The number of carbonyl (C=O) groups is 1. The van der Waals surface area contributed by atoms with Crippen LogP contribution in [0.3, 0.4) is 0 Å². The molecule has 0 spiro atoms. The first-order chi connectivity index (χ1) is 11.1. The summed E-state index contributed by atoms with van der Waals surface area (Å²) >= 11 is 0. The quantitative estimate of drug-likeness (QED) is 0.708. The van der Waals surface area contributed by atoms with E-state index in [4.69, 9.17) is 4.74 Å². The van der Waals surface area contributed by atoms with Gasteiger partial charge in [0, 0.05) is 20.3 Å². The highest BCUT2D eigenvalue weighted by Gasteiger charge is 2.30. The fourth-order valence-corrected chi connectivity index (χ4v) is 2.70. The van der Waals surface area contributed by atoms with E-state index in [9.17, 15) is 26.4 Å². The highest BCUT2D eigenvalue weighted by Crippen LogP contribution is 2.30. The molecule has 0 aliphatic heterocycles. The molecule has 10 heteroatoms. The van der Waals surface area contributed by atoms with Crippen molar-refractivity contribution in [1.29, 1.82) is 0 Å². The molecule has 0 unspecified atom stereocenters. The molecule has 1 amide bonds. The van der Waals surface area contributed by atoms with Crippen molar-refractivity contribution in [1.82, 2.24) is 5.32 Å². The van der Waals surface area contributed by atoms with Gasteiger partial charge in [0.05, 0.1) is 17.5 Å². The summed E-state index contributed by atoms with van der Waals surface area (Å²) in [6.45, 7) is 0.226. The second-order valence-electron chi connectivity index (χ2n) is 5.01. The number of methoxy groups -OCH3 is 1. The van der Waals surface area contributed by atoms with E-state index in [1.807, 2.05) is 0 Å². The Bertz CT molecular complexity index is 645. The maximum atomic E-state index is 12.6. The van der Waals surface area contributed by atoms with Crippen molar-refractivity contribution < 1.29 is 31.1 Å². The van der Waals surface area contributed by atoms with Crippen molar-refractivity contribution in [3.8, 4) is 0 Å². The summed E-state index contributed by atoms with van der Waals surface area (Å²) in [5, 5.41) is 2.52. The van der Waals surface area contributed by atoms with Gasteiger partial charge in [-0.3, -0.25) is 9.10 Å². The van der Waals surface area contributed by atoms with Crippen molar-refractivity contribution in [3.63, 3.8) is 0 Å². The number of nitrogens with zero attached hydrogens (tertiary/aromatic N) is 1. The lowest BCUT2D eigenvalue weighted by Crippen LogP contribution is -2.40. The fourth-order valence-electron chi connectivity index (χ4n) is 1.85. The first-order valence-electron chi connectivity index (χ1n) is 6.96. The minimum Gasteiger partial charge on any atom is -0.385 e. The average Bonchev–Trinajstić information content (AvgIpc) is 2.47. The van der Waals surface area contributed by atoms with Gasteiger partial charge in [-0.2, -0.15) is 13.2 Å². The van der Waals surface area contributed by atoms with Gasteiger partial charge >= 0.3 is 6.18 Å². The average molecular weight is 368 g/mol. The molecular weight excluding hydrogens is 349 g/mol. The van der Waals surface area contributed by atoms with Crippen LogP contribution in [0.2, 0.25) is 0 Å². The monoisotopic (exact) mass is 368 g/mol. The highest BCUT2D eigenvalue weighted by molar-refractivity contribution is 7.92. The van der Waals surface area contributed by atoms with Gasteiger partial charge in [-0.05, 0) is 30.7 Å². The Balaban J connectivity index is 2.85. The van der Waals surface area contributed by atoms with Crippen molar-refractivity contribution in [2.75, 3.05) is 37.4 Å². The Labute approximate surface area is 138 Å². The lowest BCUT2D eigenvalue weighted by molar-refractivity contribution is -0.137. The zero-order valence-corrected chi connectivity index (χ0v) is 14.1. The number of hydrogen-bond acceptors (Lipinski definition) is 4. The number of carbonyl (C=O) groups excluding carboxylic acids is 1. The molecule has 0 aliphatic carbocycles. The molecule has 24 heavy (non-hydrogen) atoms. The second-order valence-corrected chi connectivity index (χ2v) is 6.92. The van der Waals surface area contributed by atoms with Gasteiger partial charge in [0.1, 0.15) is 6.54 Å². The first kappa shape index (κ1) is 20.2. The van der Waals surface area contributed by atoms with Crippen molar-refractivity contribution in [2.24, 2.45) is 0 Å². The molecule has 1 rings (SSSR count). The van der Waals surface area contributed by atoms with E-state index in [-0.39, 0.29) is 5.69 Å². The molecule has 1 N–H and O–H groups in total. The zero-order chi connectivity index (χ0) is 18.4. The van der Waals surface area contributed by atoms with Crippen LogP contribution in [0.1, 0.15) is 12.0 Å². The molecule has 6 nitrogen and oxygen atoms in total. The Kier molecular flexibility index (Phi) is 7.03. The zero-order valence-electron chi connectivity index (χ0n) is 13.3. The van der Waals surface area contributed by atoms with E-state index in [0.29, 0.717) is 19.6 Å². The van der Waals surface area contributed by atoms with Crippen molar-refractivity contribution in [2.45, 2.75) is 12.6 Å². The summed E-state index contributed by atoms with van der Waals surface area (Å²) in [6.07, 6.45) is -3.09.